The molecule has 6 nitrogen and oxygen atoms in total. The van der Waals surface area contributed by atoms with Crippen LogP contribution in [0.1, 0.15) is 108 Å². The van der Waals surface area contributed by atoms with Gasteiger partial charge in [0.25, 0.3) is 0 Å². The normalized spacial score (nSPS) is 28.9. The molecule has 0 spiro atoms. The van der Waals surface area contributed by atoms with Crippen molar-refractivity contribution in [3.8, 4) is 0 Å². The highest BCUT2D eigenvalue weighted by molar-refractivity contribution is 5.76. The Balaban J connectivity index is 1.24. The Kier molecular flexibility index (Phi) is 5.81. The lowest BCUT2D eigenvalue weighted by molar-refractivity contribution is -0.123. The van der Waals surface area contributed by atoms with Crippen LogP contribution in [-0.4, -0.2) is 22.1 Å². The van der Waals surface area contributed by atoms with Crippen molar-refractivity contribution >= 4 is 5.91 Å². The standard InChI is InChI=1S/C21H34N4O2/c22-21(12-4-5-13-21)20-24-19(27-25-20)16-8-10-17(11-9-16)23-18(26)14-15-6-2-1-3-7-15/h15-17H,1-14,22H2,(H,23,26). The molecule has 3 N–H and O–H groups in total. The molecule has 0 saturated heterocycles. The molecule has 3 aliphatic rings. The summed E-state index contributed by atoms with van der Waals surface area (Å²) in [5, 5.41) is 7.47. The van der Waals surface area contributed by atoms with Crippen molar-refractivity contribution in [3.05, 3.63) is 11.7 Å². The molecule has 6 heteroatoms. The first-order valence-corrected chi connectivity index (χ1v) is 11.0. The number of carbonyl (C=O) groups excluding carboxylic acids is 1. The molecule has 4 rings (SSSR count). The summed E-state index contributed by atoms with van der Waals surface area (Å²) < 4.78 is 5.57. The zero-order valence-corrected chi connectivity index (χ0v) is 16.4. The van der Waals surface area contributed by atoms with Crippen LogP contribution in [0.25, 0.3) is 0 Å². The summed E-state index contributed by atoms with van der Waals surface area (Å²) in [4.78, 5) is 17.0. The van der Waals surface area contributed by atoms with Crippen LogP contribution < -0.4 is 11.1 Å². The van der Waals surface area contributed by atoms with Gasteiger partial charge in [0.15, 0.2) is 5.82 Å². The summed E-state index contributed by atoms with van der Waals surface area (Å²) >= 11 is 0. The molecular weight excluding hydrogens is 340 g/mol. The third kappa shape index (κ3) is 4.53. The molecule has 3 saturated carbocycles. The topological polar surface area (TPSA) is 94.0 Å². The molecule has 3 fully saturated rings. The van der Waals surface area contributed by atoms with E-state index in [9.17, 15) is 4.79 Å². The van der Waals surface area contributed by atoms with Crippen molar-refractivity contribution < 1.29 is 9.32 Å². The van der Waals surface area contributed by atoms with E-state index in [2.05, 4.69) is 15.5 Å². The molecule has 150 valence electrons. The molecular formula is C21H34N4O2. The Morgan fingerprint density at radius 3 is 2.44 bits per heavy atom. The monoisotopic (exact) mass is 374 g/mol. The summed E-state index contributed by atoms with van der Waals surface area (Å²) in [5.41, 5.74) is 6.06. The van der Waals surface area contributed by atoms with Gasteiger partial charge in [0.2, 0.25) is 11.8 Å². The summed E-state index contributed by atoms with van der Waals surface area (Å²) in [6.45, 7) is 0. The van der Waals surface area contributed by atoms with Gasteiger partial charge in [0, 0.05) is 18.4 Å². The number of rotatable bonds is 5. The molecule has 0 bridgehead atoms. The van der Waals surface area contributed by atoms with Gasteiger partial charge in [-0.2, -0.15) is 4.98 Å². The van der Waals surface area contributed by atoms with Gasteiger partial charge >= 0.3 is 0 Å². The molecule has 27 heavy (non-hydrogen) atoms. The molecule has 0 aliphatic heterocycles. The van der Waals surface area contributed by atoms with E-state index >= 15 is 0 Å². The van der Waals surface area contributed by atoms with E-state index in [1.165, 1.54) is 32.1 Å². The Labute approximate surface area is 162 Å². The first kappa shape index (κ1) is 18.9. The molecule has 0 atom stereocenters. The van der Waals surface area contributed by atoms with Crippen molar-refractivity contribution in [1.82, 2.24) is 15.5 Å². The van der Waals surface area contributed by atoms with Crippen LogP contribution in [0.2, 0.25) is 0 Å². The van der Waals surface area contributed by atoms with Crippen molar-refractivity contribution in [2.45, 2.75) is 107 Å². The number of nitrogens with zero attached hydrogens (tertiary/aromatic N) is 2. The van der Waals surface area contributed by atoms with Gasteiger partial charge in [0.05, 0.1) is 5.54 Å². The number of amides is 1. The van der Waals surface area contributed by atoms with Crippen LogP contribution in [-0.2, 0) is 10.3 Å². The lowest BCUT2D eigenvalue weighted by Crippen LogP contribution is -2.38. The molecule has 1 aromatic rings. The second kappa shape index (κ2) is 8.29. The zero-order valence-electron chi connectivity index (χ0n) is 16.4. The SMILES string of the molecule is NC1(c2noc(C3CCC(NC(=O)CC4CCCCC4)CC3)n2)CCCC1. The Morgan fingerprint density at radius 2 is 1.74 bits per heavy atom. The molecule has 3 aliphatic carbocycles. The molecule has 0 radical (unpaired) electrons. The van der Waals surface area contributed by atoms with Crippen molar-refractivity contribution in [2.24, 2.45) is 11.7 Å². The number of aromatic nitrogens is 2. The highest BCUT2D eigenvalue weighted by Gasteiger charge is 2.37. The summed E-state index contributed by atoms with van der Waals surface area (Å²) in [7, 11) is 0. The highest BCUT2D eigenvalue weighted by atomic mass is 16.5. The minimum Gasteiger partial charge on any atom is -0.353 e. The number of hydrogen-bond donors (Lipinski definition) is 2. The molecule has 1 aromatic heterocycles. The Morgan fingerprint density at radius 1 is 1.04 bits per heavy atom. The summed E-state index contributed by atoms with van der Waals surface area (Å²) in [6, 6.07) is 0.301. The number of hydrogen-bond acceptors (Lipinski definition) is 5. The smallest absolute Gasteiger partial charge is 0.229 e. The van der Waals surface area contributed by atoms with E-state index in [4.69, 9.17) is 10.3 Å². The maximum Gasteiger partial charge on any atom is 0.229 e. The average Bonchev–Trinajstić information content (AvgIpc) is 3.33. The minimum atomic E-state index is -0.383. The van der Waals surface area contributed by atoms with E-state index in [0.717, 1.165) is 57.3 Å². The first-order chi connectivity index (χ1) is 13.1. The van der Waals surface area contributed by atoms with Crippen molar-refractivity contribution in [2.75, 3.05) is 0 Å². The predicted molar refractivity (Wildman–Crippen MR) is 103 cm³/mol. The van der Waals surface area contributed by atoms with Crippen LogP contribution >= 0.6 is 0 Å². The van der Waals surface area contributed by atoms with Gasteiger partial charge in [-0.1, -0.05) is 37.3 Å². The van der Waals surface area contributed by atoms with Crippen LogP contribution in [0, 0.1) is 5.92 Å². The van der Waals surface area contributed by atoms with Gasteiger partial charge < -0.3 is 15.6 Å². The summed E-state index contributed by atoms with van der Waals surface area (Å²) in [6.07, 6.45) is 15.2. The number of nitrogens with two attached hydrogens (primary N) is 1. The fourth-order valence-corrected chi connectivity index (χ4v) is 5.26. The van der Waals surface area contributed by atoms with E-state index < -0.39 is 0 Å². The lowest BCUT2D eigenvalue weighted by atomic mass is 9.85. The van der Waals surface area contributed by atoms with E-state index in [1.807, 2.05) is 0 Å². The van der Waals surface area contributed by atoms with Gasteiger partial charge in [-0.25, -0.2) is 0 Å². The van der Waals surface area contributed by atoms with Crippen LogP contribution in [0.15, 0.2) is 4.52 Å². The fraction of sp³-hybridized carbons (Fsp3) is 0.857. The van der Waals surface area contributed by atoms with E-state index in [1.54, 1.807) is 0 Å². The van der Waals surface area contributed by atoms with Gasteiger partial charge in [-0.05, 0) is 57.3 Å². The van der Waals surface area contributed by atoms with E-state index in [-0.39, 0.29) is 11.4 Å². The number of carbonyl (C=O) groups is 1. The summed E-state index contributed by atoms with van der Waals surface area (Å²) in [5.74, 6) is 2.59. The maximum absolute atomic E-state index is 12.4. The molecule has 1 amide bonds. The molecule has 1 heterocycles. The first-order valence-electron chi connectivity index (χ1n) is 11.0. The largest absolute Gasteiger partial charge is 0.353 e. The highest BCUT2D eigenvalue weighted by Crippen LogP contribution is 2.37. The Hall–Kier alpha value is -1.43. The third-order valence-electron chi connectivity index (χ3n) is 7.02. The molecule has 0 unspecified atom stereocenters. The van der Waals surface area contributed by atoms with Crippen LogP contribution in [0.4, 0.5) is 0 Å². The van der Waals surface area contributed by atoms with Crippen LogP contribution in [0.5, 0.6) is 0 Å². The lowest BCUT2D eigenvalue weighted by Gasteiger charge is -2.28. The Bertz CT molecular complexity index is 624. The predicted octanol–water partition coefficient (Wildman–Crippen LogP) is 3.91. The minimum absolute atomic E-state index is 0.247. The van der Waals surface area contributed by atoms with Crippen molar-refractivity contribution in [3.63, 3.8) is 0 Å². The third-order valence-corrected chi connectivity index (χ3v) is 7.02. The second-order valence-corrected chi connectivity index (χ2v) is 9.14. The number of nitrogens with one attached hydrogen (secondary N) is 1. The maximum atomic E-state index is 12.4. The van der Waals surface area contributed by atoms with Gasteiger partial charge in [0.1, 0.15) is 0 Å². The zero-order chi connectivity index (χ0) is 18.7. The average molecular weight is 375 g/mol. The molecule has 0 aromatic carbocycles. The second-order valence-electron chi connectivity index (χ2n) is 9.14. The van der Waals surface area contributed by atoms with Crippen LogP contribution in [0.3, 0.4) is 0 Å². The van der Waals surface area contributed by atoms with Gasteiger partial charge in [-0.3, -0.25) is 4.79 Å². The van der Waals surface area contributed by atoms with Gasteiger partial charge in [-0.15, -0.1) is 0 Å². The quantitative estimate of drug-likeness (QED) is 0.815. The fourth-order valence-electron chi connectivity index (χ4n) is 5.26. The van der Waals surface area contributed by atoms with E-state index in [0.29, 0.717) is 30.1 Å². The van der Waals surface area contributed by atoms with Crippen molar-refractivity contribution in [1.29, 1.82) is 0 Å².